The molecule has 2 fully saturated rings. The third-order valence-corrected chi connectivity index (χ3v) is 5.00. The molecule has 128 valence electrons. The fourth-order valence-electron chi connectivity index (χ4n) is 3.71. The Kier molecular flexibility index (Phi) is 8.19. The maximum absolute atomic E-state index is 5.77. The van der Waals surface area contributed by atoms with Gasteiger partial charge in [-0.3, -0.25) is 0 Å². The van der Waals surface area contributed by atoms with Crippen LogP contribution in [0.3, 0.4) is 0 Å². The van der Waals surface area contributed by atoms with Gasteiger partial charge < -0.3 is 4.74 Å². The van der Waals surface area contributed by atoms with Gasteiger partial charge in [0.25, 0.3) is 0 Å². The van der Waals surface area contributed by atoms with Crippen LogP contribution < -0.4 is 0 Å². The van der Waals surface area contributed by atoms with Crippen LogP contribution in [0.15, 0.2) is 35.3 Å². The maximum Gasteiger partial charge on any atom is 0.186 e. The second-order valence-electron chi connectivity index (χ2n) is 6.87. The Balaban J connectivity index is 0.000000276. The summed E-state index contributed by atoms with van der Waals surface area (Å²) in [6.07, 6.45) is 13.7. The molecule has 4 rings (SSSR count). The Morgan fingerprint density at radius 1 is 0.870 bits per heavy atom. The minimum absolute atomic E-state index is 0. The second kappa shape index (κ2) is 10.2. The Hall–Kier alpha value is -0.791. The fourth-order valence-corrected chi connectivity index (χ4v) is 3.71. The molecule has 0 amide bonds. The first kappa shape index (κ1) is 18.5. The van der Waals surface area contributed by atoms with E-state index < -0.39 is 0 Å². The molecule has 1 aliphatic heterocycles. The molecule has 2 saturated carbocycles. The van der Waals surface area contributed by atoms with Crippen molar-refractivity contribution in [2.45, 2.75) is 70.3 Å². The number of benzene rings is 1. The predicted octanol–water partition coefficient (Wildman–Crippen LogP) is 5.16. The molecule has 0 radical (unpaired) electrons. The van der Waals surface area contributed by atoms with Crippen LogP contribution >= 0.6 is 0 Å². The molecule has 1 aromatic rings. The van der Waals surface area contributed by atoms with E-state index in [-0.39, 0.29) is 17.1 Å². The van der Waals surface area contributed by atoms with E-state index in [0.717, 1.165) is 18.9 Å². The molecule has 1 heterocycles. The van der Waals surface area contributed by atoms with E-state index >= 15 is 0 Å². The van der Waals surface area contributed by atoms with Gasteiger partial charge in [0, 0.05) is 23.0 Å². The van der Waals surface area contributed by atoms with Crippen molar-refractivity contribution >= 4 is 5.90 Å². The summed E-state index contributed by atoms with van der Waals surface area (Å²) in [4.78, 5) is 4.76. The summed E-state index contributed by atoms with van der Waals surface area (Å²) in [5.41, 5.74) is 1.36. The zero-order chi connectivity index (χ0) is 15.0. The van der Waals surface area contributed by atoms with Crippen LogP contribution in [0, 0.1) is 5.92 Å². The minimum atomic E-state index is 0. The van der Waals surface area contributed by atoms with Gasteiger partial charge in [-0.1, -0.05) is 75.3 Å². The van der Waals surface area contributed by atoms with Gasteiger partial charge in [0.15, 0.2) is 5.90 Å². The first-order valence-corrected chi connectivity index (χ1v) is 9.16. The first-order valence-electron chi connectivity index (χ1n) is 9.16. The maximum atomic E-state index is 5.77. The Morgan fingerprint density at radius 2 is 1.48 bits per heavy atom. The van der Waals surface area contributed by atoms with E-state index in [9.17, 15) is 0 Å². The van der Waals surface area contributed by atoms with Crippen molar-refractivity contribution in [3.8, 4) is 0 Å². The molecule has 0 bridgehead atoms. The van der Waals surface area contributed by atoms with Crippen molar-refractivity contribution in [3.05, 3.63) is 35.9 Å². The quantitative estimate of drug-likeness (QED) is 0.686. The topological polar surface area (TPSA) is 21.6 Å². The number of hydrogen-bond acceptors (Lipinski definition) is 2. The molecule has 2 nitrogen and oxygen atoms in total. The zero-order valence-corrected chi connectivity index (χ0v) is 15.1. The van der Waals surface area contributed by atoms with E-state index in [1.54, 1.807) is 0 Å². The summed E-state index contributed by atoms with van der Waals surface area (Å²) in [5, 5.41) is 0. The molecule has 0 N–H and O–H groups in total. The van der Waals surface area contributed by atoms with Crippen LogP contribution in [0.2, 0.25) is 0 Å². The van der Waals surface area contributed by atoms with Crippen molar-refractivity contribution in [3.63, 3.8) is 0 Å². The zero-order valence-electron chi connectivity index (χ0n) is 14.0. The van der Waals surface area contributed by atoms with Gasteiger partial charge >= 0.3 is 0 Å². The second-order valence-corrected chi connectivity index (χ2v) is 6.87. The van der Waals surface area contributed by atoms with Crippen LogP contribution in [0.25, 0.3) is 0 Å². The Morgan fingerprint density at radius 3 is 2.09 bits per heavy atom. The van der Waals surface area contributed by atoms with Gasteiger partial charge in [-0.05, 0) is 24.8 Å². The third-order valence-electron chi connectivity index (χ3n) is 5.00. The molecule has 0 spiro atoms. The van der Waals surface area contributed by atoms with Gasteiger partial charge in [0.1, 0.15) is 6.61 Å². The van der Waals surface area contributed by atoms with Crippen molar-refractivity contribution in [2.75, 3.05) is 6.61 Å². The Labute approximate surface area is 151 Å². The number of ether oxygens (including phenoxy) is 1. The van der Waals surface area contributed by atoms with Crippen molar-refractivity contribution < 1.29 is 21.8 Å². The summed E-state index contributed by atoms with van der Waals surface area (Å²) in [6.45, 7) is 0.778. The molecular formula is C20H29FeNO. The van der Waals surface area contributed by atoms with Gasteiger partial charge in [0.2, 0.25) is 0 Å². The standard InChI is InChI=1S/C15H19NO.C5H10.Fe/c1-2-6-12(7-3-1)10-14-11-17-15(16-14)13-8-4-5-9-13;1-2-4-5-3-1;/h1-3,6-7,13-14H,4-5,8-11H2;1-5H2;/t14-;;/m0../s1. The summed E-state index contributed by atoms with van der Waals surface area (Å²) in [7, 11) is 0. The smallest absolute Gasteiger partial charge is 0.186 e. The van der Waals surface area contributed by atoms with Crippen molar-refractivity contribution in [1.82, 2.24) is 0 Å². The summed E-state index contributed by atoms with van der Waals surface area (Å²) in [5.74, 6) is 1.67. The van der Waals surface area contributed by atoms with E-state index in [4.69, 9.17) is 9.73 Å². The van der Waals surface area contributed by atoms with Crippen LogP contribution in [0.4, 0.5) is 0 Å². The number of rotatable bonds is 3. The van der Waals surface area contributed by atoms with Crippen LogP contribution in [0.1, 0.15) is 63.4 Å². The van der Waals surface area contributed by atoms with Crippen LogP contribution in [0.5, 0.6) is 0 Å². The fraction of sp³-hybridized carbons (Fsp3) is 0.650. The average molecular weight is 355 g/mol. The molecule has 3 aliphatic rings. The van der Waals surface area contributed by atoms with Crippen molar-refractivity contribution in [1.29, 1.82) is 0 Å². The van der Waals surface area contributed by atoms with Gasteiger partial charge in [-0.2, -0.15) is 0 Å². The molecule has 0 unspecified atom stereocenters. The summed E-state index contributed by atoms with van der Waals surface area (Å²) < 4.78 is 5.77. The number of hydrogen-bond donors (Lipinski definition) is 0. The van der Waals surface area contributed by atoms with Gasteiger partial charge in [-0.15, -0.1) is 0 Å². The first-order chi connectivity index (χ1) is 10.9. The molecular weight excluding hydrogens is 326 g/mol. The number of nitrogens with zero attached hydrogens (tertiary/aromatic N) is 1. The normalized spacial score (nSPS) is 23.5. The molecule has 2 aliphatic carbocycles. The van der Waals surface area contributed by atoms with E-state index in [2.05, 4.69) is 30.3 Å². The largest absolute Gasteiger partial charge is 0.478 e. The third kappa shape index (κ3) is 5.97. The molecule has 3 heteroatoms. The van der Waals surface area contributed by atoms with Gasteiger partial charge in [0.05, 0.1) is 6.04 Å². The minimum Gasteiger partial charge on any atom is -0.478 e. The van der Waals surface area contributed by atoms with Crippen LogP contribution in [-0.2, 0) is 28.2 Å². The van der Waals surface area contributed by atoms with Crippen LogP contribution in [-0.4, -0.2) is 18.5 Å². The SMILES string of the molecule is C1CCCC1.[Fe].c1ccc(C[C@H]2COC(C3CCCC3)=N2)cc1. The Bertz CT molecular complexity index is 456. The average Bonchev–Trinajstić information content (AvgIpc) is 3.32. The summed E-state index contributed by atoms with van der Waals surface area (Å²) in [6, 6.07) is 10.9. The van der Waals surface area contributed by atoms with E-state index in [1.807, 2.05) is 0 Å². The molecule has 0 saturated heterocycles. The van der Waals surface area contributed by atoms with Gasteiger partial charge in [-0.25, -0.2) is 4.99 Å². The van der Waals surface area contributed by atoms with E-state index in [1.165, 1.54) is 63.4 Å². The number of aliphatic imine (C=N–C) groups is 1. The van der Waals surface area contributed by atoms with E-state index in [0.29, 0.717) is 12.0 Å². The monoisotopic (exact) mass is 355 g/mol. The predicted molar refractivity (Wildman–Crippen MR) is 92.4 cm³/mol. The molecule has 23 heavy (non-hydrogen) atoms. The molecule has 1 aromatic carbocycles. The molecule has 0 aromatic heterocycles. The summed E-state index contributed by atoms with van der Waals surface area (Å²) >= 11 is 0. The molecule has 1 atom stereocenters. The van der Waals surface area contributed by atoms with Crippen molar-refractivity contribution in [2.24, 2.45) is 10.9 Å².